The molecule has 0 saturated carbocycles. The van der Waals surface area contributed by atoms with E-state index in [1.807, 2.05) is 6.92 Å². The van der Waals surface area contributed by atoms with Crippen molar-refractivity contribution in [3.63, 3.8) is 0 Å². The third-order valence-electron chi connectivity index (χ3n) is 4.80. The van der Waals surface area contributed by atoms with Crippen molar-refractivity contribution in [2.75, 3.05) is 6.61 Å². The number of benzene rings is 2. The van der Waals surface area contributed by atoms with Gasteiger partial charge in [-0.3, -0.25) is 0 Å². The molecule has 0 radical (unpaired) electrons. The molecule has 3 rings (SSSR count). The van der Waals surface area contributed by atoms with E-state index in [2.05, 4.69) is 4.40 Å². The van der Waals surface area contributed by atoms with Crippen LogP contribution in [0.3, 0.4) is 0 Å². The Balaban J connectivity index is 1.86. The molecule has 168 valence electrons. The Morgan fingerprint density at radius 3 is 2.32 bits per heavy atom. The Bertz CT molecular complexity index is 958. The van der Waals surface area contributed by atoms with Gasteiger partial charge in [0.1, 0.15) is 11.1 Å². The monoisotopic (exact) mass is 481 g/mol. The molecule has 0 saturated heterocycles. The summed E-state index contributed by atoms with van der Waals surface area (Å²) in [4.78, 5) is 0. The zero-order chi connectivity index (χ0) is 22.8. The van der Waals surface area contributed by atoms with Crippen LogP contribution in [0.5, 0.6) is 5.75 Å². The molecule has 2 aromatic carbocycles. The van der Waals surface area contributed by atoms with E-state index < -0.39 is 47.2 Å². The van der Waals surface area contributed by atoms with Crippen LogP contribution in [0, 0.1) is 23.4 Å². The summed E-state index contributed by atoms with van der Waals surface area (Å²) in [6.07, 6.45) is -2.65. The second-order valence-corrected chi connectivity index (χ2v) is 8.42. The first-order chi connectivity index (χ1) is 14.6. The van der Waals surface area contributed by atoms with Crippen LogP contribution in [0.15, 0.2) is 34.7 Å². The lowest BCUT2D eigenvalue weighted by atomic mass is 9.93. The minimum absolute atomic E-state index is 0.0694. The third-order valence-corrected chi connectivity index (χ3v) is 6.16. The average Bonchev–Trinajstić information content (AvgIpc) is 3.10. The van der Waals surface area contributed by atoms with Crippen LogP contribution in [0.1, 0.15) is 30.9 Å². The maximum atomic E-state index is 14.4. The second-order valence-electron chi connectivity index (χ2n) is 7.08. The molecular formula is C21H18ClF6NOS. The molecule has 10 heteroatoms. The van der Waals surface area contributed by atoms with E-state index >= 15 is 0 Å². The lowest BCUT2D eigenvalue weighted by Gasteiger charge is -2.23. The van der Waals surface area contributed by atoms with Crippen molar-refractivity contribution in [1.82, 2.24) is 0 Å². The molecule has 2 unspecified atom stereocenters. The second kappa shape index (κ2) is 9.73. The van der Waals surface area contributed by atoms with Crippen LogP contribution in [0.25, 0.3) is 0 Å². The van der Waals surface area contributed by atoms with Crippen molar-refractivity contribution >= 4 is 29.3 Å². The lowest BCUT2D eigenvalue weighted by molar-refractivity contribution is -0.134. The van der Waals surface area contributed by atoms with E-state index in [1.54, 1.807) is 0 Å². The summed E-state index contributed by atoms with van der Waals surface area (Å²) in [6, 6.07) is 5.70. The minimum atomic E-state index is -4.69. The maximum Gasteiger partial charge on any atom is 0.403 e. The van der Waals surface area contributed by atoms with Crippen LogP contribution in [-0.2, 0) is 6.42 Å². The number of halogens is 7. The van der Waals surface area contributed by atoms with Gasteiger partial charge in [0.15, 0.2) is 17.4 Å². The van der Waals surface area contributed by atoms with Crippen LogP contribution in [-0.4, -0.2) is 23.7 Å². The normalized spacial score (nSPS) is 18.9. The zero-order valence-electron chi connectivity index (χ0n) is 16.3. The zero-order valence-corrected chi connectivity index (χ0v) is 17.9. The number of ether oxygens (including phenoxy) is 1. The fraction of sp³-hybridized carbons (Fsp3) is 0.381. The molecule has 0 bridgehead atoms. The highest BCUT2D eigenvalue weighted by Gasteiger charge is 2.51. The van der Waals surface area contributed by atoms with Crippen LogP contribution >= 0.6 is 23.5 Å². The van der Waals surface area contributed by atoms with E-state index in [0.717, 1.165) is 31.0 Å². The van der Waals surface area contributed by atoms with Gasteiger partial charge in [-0.25, -0.2) is 17.6 Å². The minimum Gasteiger partial charge on any atom is -0.487 e. The smallest absolute Gasteiger partial charge is 0.403 e. The molecular weight excluding hydrogens is 464 g/mol. The highest BCUT2D eigenvalue weighted by atomic mass is 35.5. The number of nitrogens with zero attached hydrogens (tertiary/aromatic N) is 1. The molecule has 1 heterocycles. The lowest BCUT2D eigenvalue weighted by Crippen LogP contribution is -2.38. The Labute approximate surface area is 184 Å². The molecule has 0 N–H and O–H groups in total. The molecule has 2 nitrogen and oxygen atoms in total. The molecule has 31 heavy (non-hydrogen) atoms. The van der Waals surface area contributed by atoms with E-state index in [1.165, 1.54) is 12.1 Å². The summed E-state index contributed by atoms with van der Waals surface area (Å²) < 4.78 is 92.5. The summed E-state index contributed by atoms with van der Waals surface area (Å²) in [6.45, 7) is 1.20. The fourth-order valence-corrected chi connectivity index (χ4v) is 4.34. The molecule has 0 amide bonds. The van der Waals surface area contributed by atoms with Gasteiger partial charge in [0.05, 0.1) is 18.2 Å². The highest BCUT2D eigenvalue weighted by molar-refractivity contribution is 7.99. The van der Waals surface area contributed by atoms with Gasteiger partial charge in [0, 0.05) is 10.6 Å². The summed E-state index contributed by atoms with van der Waals surface area (Å²) in [5, 5.41) is -1.98. The quantitative estimate of drug-likeness (QED) is 0.308. The summed E-state index contributed by atoms with van der Waals surface area (Å²) in [7, 11) is 0. The van der Waals surface area contributed by atoms with Crippen molar-refractivity contribution in [3.8, 4) is 5.75 Å². The number of rotatable bonds is 7. The average molecular weight is 482 g/mol. The highest BCUT2D eigenvalue weighted by Crippen LogP contribution is 2.44. The van der Waals surface area contributed by atoms with Gasteiger partial charge in [-0.15, -0.1) is 0 Å². The molecule has 2 aromatic rings. The number of hydrogen-bond acceptors (Lipinski definition) is 3. The standard InChI is InChI=1S/C21H18ClF6NOS/c1-2-3-4-11-7-16(24)19(17(25)8-11)30-10-14-18(29-31-20(14)21(26,27)28)13-6-5-12(22)9-15(13)23/h5-9,14,20H,2-4,10H2,1H3. The predicted molar refractivity (Wildman–Crippen MR) is 109 cm³/mol. The van der Waals surface area contributed by atoms with E-state index in [-0.39, 0.29) is 28.2 Å². The van der Waals surface area contributed by atoms with Crippen molar-refractivity contribution in [2.24, 2.45) is 10.3 Å². The van der Waals surface area contributed by atoms with Gasteiger partial charge >= 0.3 is 6.18 Å². The summed E-state index contributed by atoms with van der Waals surface area (Å²) in [5.41, 5.74) is 0.0502. The van der Waals surface area contributed by atoms with Crippen LogP contribution in [0.2, 0.25) is 5.02 Å². The van der Waals surface area contributed by atoms with Crippen molar-refractivity contribution < 1.29 is 31.1 Å². The Morgan fingerprint density at radius 1 is 1.06 bits per heavy atom. The Morgan fingerprint density at radius 2 is 1.74 bits per heavy atom. The Hall–Kier alpha value is -1.87. The van der Waals surface area contributed by atoms with E-state index in [0.29, 0.717) is 12.0 Å². The molecule has 0 aliphatic carbocycles. The molecule has 0 fully saturated rings. The van der Waals surface area contributed by atoms with Gasteiger partial charge in [-0.05, 0) is 60.7 Å². The fourth-order valence-electron chi connectivity index (χ4n) is 3.25. The van der Waals surface area contributed by atoms with Gasteiger partial charge in [0.2, 0.25) is 0 Å². The van der Waals surface area contributed by atoms with Crippen molar-refractivity contribution in [2.45, 2.75) is 37.6 Å². The number of aryl methyl sites for hydroxylation is 1. The first-order valence-corrected chi connectivity index (χ1v) is 10.7. The largest absolute Gasteiger partial charge is 0.487 e. The van der Waals surface area contributed by atoms with Gasteiger partial charge in [0.25, 0.3) is 0 Å². The van der Waals surface area contributed by atoms with Crippen LogP contribution < -0.4 is 4.74 Å². The maximum absolute atomic E-state index is 14.4. The third kappa shape index (κ3) is 5.49. The summed E-state index contributed by atoms with van der Waals surface area (Å²) in [5.74, 6) is -5.10. The van der Waals surface area contributed by atoms with Gasteiger partial charge in [-0.1, -0.05) is 24.9 Å². The molecule has 0 spiro atoms. The Kier molecular flexibility index (Phi) is 7.47. The van der Waals surface area contributed by atoms with E-state index in [4.69, 9.17) is 16.3 Å². The molecule has 1 aliphatic heterocycles. The van der Waals surface area contributed by atoms with E-state index in [9.17, 15) is 26.3 Å². The first kappa shape index (κ1) is 23.8. The topological polar surface area (TPSA) is 21.6 Å². The van der Waals surface area contributed by atoms with Crippen molar-refractivity contribution in [3.05, 3.63) is 63.9 Å². The van der Waals surface area contributed by atoms with Crippen molar-refractivity contribution in [1.29, 1.82) is 0 Å². The molecule has 0 aromatic heterocycles. The number of alkyl halides is 3. The van der Waals surface area contributed by atoms with Gasteiger partial charge in [-0.2, -0.15) is 13.2 Å². The number of hydrogen-bond donors (Lipinski definition) is 0. The SMILES string of the molecule is CCCCc1cc(F)c(OCC2C(c3ccc(Cl)cc3F)=NSC2C(F)(F)F)c(F)c1. The predicted octanol–water partition coefficient (Wildman–Crippen LogP) is 7.18. The molecule has 2 atom stereocenters. The summed E-state index contributed by atoms with van der Waals surface area (Å²) >= 11 is 5.93. The number of unbranched alkanes of at least 4 members (excludes halogenated alkanes) is 1. The first-order valence-electron chi connectivity index (χ1n) is 9.48. The van der Waals surface area contributed by atoms with Crippen LogP contribution in [0.4, 0.5) is 26.3 Å². The molecule has 1 aliphatic rings. The van der Waals surface area contributed by atoms with Gasteiger partial charge < -0.3 is 4.74 Å².